The molecule has 2 aromatic carbocycles. The highest BCUT2D eigenvalue weighted by Gasteiger charge is 2.44. The van der Waals surface area contributed by atoms with Gasteiger partial charge < -0.3 is 20.4 Å². The summed E-state index contributed by atoms with van der Waals surface area (Å²) in [5.74, 6) is -0.353. The van der Waals surface area contributed by atoms with E-state index in [0.717, 1.165) is 5.56 Å². The minimum atomic E-state index is -0.667. The molecule has 0 aliphatic carbocycles. The minimum absolute atomic E-state index is 0.118. The Morgan fingerprint density at radius 2 is 1.79 bits per heavy atom. The van der Waals surface area contributed by atoms with Crippen LogP contribution in [-0.4, -0.2) is 59.4 Å². The fourth-order valence-electron chi connectivity index (χ4n) is 3.70. The third kappa shape index (κ3) is 4.19. The number of halogens is 1. The third-order valence-electron chi connectivity index (χ3n) is 5.25. The maximum Gasteiger partial charge on any atom is 0.321 e. The van der Waals surface area contributed by atoms with Gasteiger partial charge in [0, 0.05) is 30.2 Å². The standard InChI is InChI=1S/C21H21ClN4O3/c22-15-8-6-14(7-9-15)12-17-20(28)26-11-10-25(13-18(26)19(27)24-17)21(29)23-16-4-2-1-3-5-16/h1-9,17-18H,10-13H2,(H,23,29)(H,24,27)/t17-,18+/m0/s1. The summed E-state index contributed by atoms with van der Waals surface area (Å²) in [5, 5.41) is 6.26. The lowest BCUT2D eigenvalue weighted by molar-refractivity contribution is -0.152. The Kier molecular flexibility index (Phi) is 5.40. The Morgan fingerprint density at radius 3 is 2.52 bits per heavy atom. The zero-order valence-corrected chi connectivity index (χ0v) is 16.4. The van der Waals surface area contributed by atoms with Crippen LogP contribution in [0, 0.1) is 0 Å². The van der Waals surface area contributed by atoms with Crippen molar-refractivity contribution in [2.24, 2.45) is 0 Å². The molecule has 8 heteroatoms. The van der Waals surface area contributed by atoms with Crippen molar-refractivity contribution in [1.82, 2.24) is 15.1 Å². The quantitative estimate of drug-likeness (QED) is 0.810. The van der Waals surface area contributed by atoms with Crippen LogP contribution in [0.2, 0.25) is 5.02 Å². The summed E-state index contributed by atoms with van der Waals surface area (Å²) < 4.78 is 0. The van der Waals surface area contributed by atoms with Gasteiger partial charge in [-0.1, -0.05) is 41.9 Å². The smallest absolute Gasteiger partial charge is 0.321 e. The molecule has 2 aliphatic heterocycles. The van der Waals surface area contributed by atoms with Crippen LogP contribution in [-0.2, 0) is 16.0 Å². The van der Waals surface area contributed by atoms with Crippen LogP contribution in [0.1, 0.15) is 5.56 Å². The molecule has 29 heavy (non-hydrogen) atoms. The lowest BCUT2D eigenvalue weighted by atomic mass is 9.99. The molecule has 0 bridgehead atoms. The number of piperazine rings is 2. The number of urea groups is 1. The number of anilines is 1. The van der Waals surface area contributed by atoms with E-state index in [4.69, 9.17) is 11.6 Å². The molecule has 2 fully saturated rings. The average molecular weight is 413 g/mol. The Balaban J connectivity index is 1.40. The van der Waals surface area contributed by atoms with Gasteiger partial charge in [0.05, 0.1) is 6.54 Å². The molecule has 2 aliphatic rings. The van der Waals surface area contributed by atoms with Gasteiger partial charge in [-0.25, -0.2) is 4.79 Å². The second-order valence-corrected chi connectivity index (χ2v) is 7.62. The van der Waals surface area contributed by atoms with E-state index in [-0.39, 0.29) is 24.4 Å². The van der Waals surface area contributed by atoms with Crippen molar-refractivity contribution in [3.63, 3.8) is 0 Å². The highest BCUT2D eigenvalue weighted by Crippen LogP contribution is 2.20. The predicted molar refractivity (Wildman–Crippen MR) is 110 cm³/mol. The summed E-state index contributed by atoms with van der Waals surface area (Å²) in [6, 6.07) is 14.8. The summed E-state index contributed by atoms with van der Waals surface area (Å²) in [5.41, 5.74) is 1.61. The van der Waals surface area contributed by atoms with Crippen LogP contribution in [0.5, 0.6) is 0 Å². The first-order valence-electron chi connectivity index (χ1n) is 9.47. The van der Waals surface area contributed by atoms with E-state index in [1.165, 1.54) is 0 Å². The van der Waals surface area contributed by atoms with Crippen molar-refractivity contribution >= 4 is 35.1 Å². The van der Waals surface area contributed by atoms with Crippen LogP contribution < -0.4 is 10.6 Å². The summed E-state index contributed by atoms with van der Waals surface area (Å²) >= 11 is 5.91. The zero-order chi connectivity index (χ0) is 20.4. The zero-order valence-electron chi connectivity index (χ0n) is 15.7. The van der Waals surface area contributed by atoms with Crippen LogP contribution in [0.25, 0.3) is 0 Å². The van der Waals surface area contributed by atoms with Gasteiger partial charge in [0.1, 0.15) is 12.1 Å². The molecule has 4 amide bonds. The van der Waals surface area contributed by atoms with E-state index in [1.807, 2.05) is 30.3 Å². The summed E-state index contributed by atoms with van der Waals surface area (Å²) in [6.45, 7) is 0.877. The van der Waals surface area contributed by atoms with Gasteiger partial charge in [0.25, 0.3) is 0 Å². The van der Waals surface area contributed by atoms with E-state index < -0.39 is 12.1 Å². The molecule has 0 radical (unpaired) electrons. The lowest BCUT2D eigenvalue weighted by Gasteiger charge is -2.45. The van der Waals surface area contributed by atoms with E-state index in [2.05, 4.69) is 10.6 Å². The SMILES string of the molecule is O=C1N[C@@H](Cc2ccc(Cl)cc2)C(=O)N2CCN(C(=O)Nc3ccccc3)C[C@H]12. The third-order valence-corrected chi connectivity index (χ3v) is 5.50. The predicted octanol–water partition coefficient (Wildman–Crippen LogP) is 2.13. The number of para-hydroxylation sites is 1. The van der Waals surface area contributed by atoms with E-state index in [0.29, 0.717) is 30.2 Å². The minimum Gasteiger partial charge on any atom is -0.342 e. The van der Waals surface area contributed by atoms with Crippen LogP contribution >= 0.6 is 11.6 Å². The number of carbonyl (C=O) groups excluding carboxylic acids is 3. The monoisotopic (exact) mass is 412 g/mol. The first-order chi connectivity index (χ1) is 14.0. The van der Waals surface area contributed by atoms with Crippen LogP contribution in [0.3, 0.4) is 0 Å². The molecule has 4 rings (SSSR count). The molecule has 0 spiro atoms. The fourth-order valence-corrected chi connectivity index (χ4v) is 3.83. The summed E-state index contributed by atoms with van der Waals surface area (Å²) in [7, 11) is 0. The molecule has 7 nitrogen and oxygen atoms in total. The second kappa shape index (κ2) is 8.13. The molecule has 2 aromatic rings. The Bertz CT molecular complexity index is 919. The molecule has 2 saturated heterocycles. The van der Waals surface area contributed by atoms with Crippen molar-refractivity contribution < 1.29 is 14.4 Å². The molecule has 2 atom stereocenters. The molecular weight excluding hydrogens is 392 g/mol. The van der Waals surface area contributed by atoms with Crippen molar-refractivity contribution in [3.05, 3.63) is 65.2 Å². The number of rotatable bonds is 3. The number of nitrogens with one attached hydrogen (secondary N) is 2. The van der Waals surface area contributed by atoms with Crippen molar-refractivity contribution in [2.75, 3.05) is 25.0 Å². The molecule has 2 N–H and O–H groups in total. The van der Waals surface area contributed by atoms with Crippen LogP contribution in [0.4, 0.5) is 10.5 Å². The van der Waals surface area contributed by atoms with E-state index in [9.17, 15) is 14.4 Å². The van der Waals surface area contributed by atoms with Crippen molar-refractivity contribution in [2.45, 2.75) is 18.5 Å². The normalized spacial score (nSPS) is 21.4. The van der Waals surface area contributed by atoms with Gasteiger partial charge in [-0.15, -0.1) is 0 Å². The number of amides is 4. The van der Waals surface area contributed by atoms with E-state index >= 15 is 0 Å². The van der Waals surface area contributed by atoms with E-state index in [1.54, 1.807) is 34.1 Å². The van der Waals surface area contributed by atoms with Gasteiger partial charge in [-0.05, 0) is 29.8 Å². The van der Waals surface area contributed by atoms with Gasteiger partial charge in [-0.3, -0.25) is 9.59 Å². The lowest BCUT2D eigenvalue weighted by Crippen LogP contribution is -2.70. The largest absolute Gasteiger partial charge is 0.342 e. The fraction of sp³-hybridized carbons (Fsp3) is 0.286. The first kappa shape index (κ1) is 19.3. The number of nitrogens with zero attached hydrogens (tertiary/aromatic N) is 2. The number of carbonyl (C=O) groups is 3. The second-order valence-electron chi connectivity index (χ2n) is 7.18. The van der Waals surface area contributed by atoms with Gasteiger partial charge >= 0.3 is 6.03 Å². The molecule has 150 valence electrons. The van der Waals surface area contributed by atoms with Gasteiger partial charge in [-0.2, -0.15) is 0 Å². The maximum absolute atomic E-state index is 12.9. The topological polar surface area (TPSA) is 81.8 Å². The van der Waals surface area contributed by atoms with Gasteiger partial charge in [0.15, 0.2) is 0 Å². The molecule has 0 aromatic heterocycles. The van der Waals surface area contributed by atoms with Crippen LogP contribution in [0.15, 0.2) is 54.6 Å². The highest BCUT2D eigenvalue weighted by molar-refractivity contribution is 6.30. The maximum atomic E-state index is 12.9. The Morgan fingerprint density at radius 1 is 1.07 bits per heavy atom. The number of hydrogen-bond acceptors (Lipinski definition) is 3. The molecule has 0 saturated carbocycles. The molecule has 0 unspecified atom stereocenters. The first-order valence-corrected chi connectivity index (χ1v) is 9.85. The van der Waals surface area contributed by atoms with Crippen molar-refractivity contribution in [1.29, 1.82) is 0 Å². The van der Waals surface area contributed by atoms with Gasteiger partial charge in [0.2, 0.25) is 11.8 Å². The summed E-state index contributed by atoms with van der Waals surface area (Å²) in [4.78, 5) is 41.3. The highest BCUT2D eigenvalue weighted by atomic mass is 35.5. The summed E-state index contributed by atoms with van der Waals surface area (Å²) in [6.07, 6.45) is 0.406. The average Bonchev–Trinajstić information content (AvgIpc) is 2.74. The number of fused-ring (bicyclic) bond motifs is 1. The Hall–Kier alpha value is -3.06. The molecular formula is C21H21ClN4O3. The van der Waals surface area contributed by atoms with Crippen molar-refractivity contribution in [3.8, 4) is 0 Å². The Labute approximate surface area is 173 Å². The molecule has 2 heterocycles. The number of hydrogen-bond donors (Lipinski definition) is 2. The number of benzene rings is 2.